The first-order chi connectivity index (χ1) is 16.0. The normalized spacial score (nSPS) is 12.2. The summed E-state index contributed by atoms with van der Waals surface area (Å²) in [6, 6.07) is 8.69. The fourth-order valence-electron chi connectivity index (χ4n) is 3.34. The molecule has 2 amide bonds. The number of sulfonamides is 1. The lowest BCUT2D eigenvalue weighted by molar-refractivity contribution is -0.140. The van der Waals surface area contributed by atoms with Crippen LogP contribution in [0.25, 0.3) is 0 Å². The molecule has 34 heavy (non-hydrogen) atoms. The highest BCUT2D eigenvalue weighted by atomic mass is 35.5. The minimum atomic E-state index is -3.89. The van der Waals surface area contributed by atoms with Crippen LogP contribution in [-0.2, 0) is 26.2 Å². The zero-order chi connectivity index (χ0) is 25.5. The van der Waals surface area contributed by atoms with E-state index >= 15 is 0 Å². The van der Waals surface area contributed by atoms with Gasteiger partial charge in [0.25, 0.3) is 0 Å². The lowest BCUT2D eigenvalue weighted by Gasteiger charge is -2.33. The predicted molar refractivity (Wildman–Crippen MR) is 133 cm³/mol. The average molecular weight is 532 g/mol. The summed E-state index contributed by atoms with van der Waals surface area (Å²) in [4.78, 5) is 27.7. The third kappa shape index (κ3) is 7.58. The lowest BCUT2D eigenvalue weighted by atomic mass is 10.1. The zero-order valence-corrected chi connectivity index (χ0v) is 21.6. The molecule has 2 rings (SSSR count). The molecule has 0 bridgehead atoms. The molecular formula is C23H28Cl2FN3O4S. The summed E-state index contributed by atoms with van der Waals surface area (Å²) in [5.74, 6) is -1.50. The van der Waals surface area contributed by atoms with Gasteiger partial charge in [0.2, 0.25) is 21.8 Å². The van der Waals surface area contributed by atoms with Gasteiger partial charge in [-0.1, -0.05) is 43.1 Å². The van der Waals surface area contributed by atoms with Crippen molar-refractivity contribution in [3.8, 4) is 0 Å². The second-order valence-corrected chi connectivity index (χ2v) is 10.5. The van der Waals surface area contributed by atoms with E-state index in [2.05, 4.69) is 5.32 Å². The van der Waals surface area contributed by atoms with E-state index in [9.17, 15) is 22.4 Å². The topological polar surface area (TPSA) is 86.8 Å². The van der Waals surface area contributed by atoms with Crippen molar-refractivity contribution in [3.63, 3.8) is 0 Å². The molecule has 2 aromatic rings. The number of hydrogen-bond donors (Lipinski definition) is 1. The van der Waals surface area contributed by atoms with Gasteiger partial charge in [0.05, 0.1) is 11.9 Å². The number of rotatable bonds is 11. The van der Waals surface area contributed by atoms with Crippen LogP contribution in [0.4, 0.5) is 10.1 Å². The van der Waals surface area contributed by atoms with E-state index < -0.39 is 34.3 Å². The van der Waals surface area contributed by atoms with Gasteiger partial charge in [0.15, 0.2) is 0 Å². The second-order valence-electron chi connectivity index (χ2n) is 7.72. The van der Waals surface area contributed by atoms with Gasteiger partial charge in [-0.25, -0.2) is 12.8 Å². The molecule has 1 unspecified atom stereocenters. The van der Waals surface area contributed by atoms with Crippen LogP contribution in [0.2, 0.25) is 10.0 Å². The van der Waals surface area contributed by atoms with Crippen molar-refractivity contribution in [2.75, 3.05) is 23.7 Å². The number of halogens is 3. The zero-order valence-electron chi connectivity index (χ0n) is 19.2. The SMILES string of the molecule is CCCNC(=O)C(CC)N(Cc1ccc(Cl)cc1Cl)C(=O)CN(c1ccc(F)cc1)S(C)(=O)=O. The van der Waals surface area contributed by atoms with E-state index in [0.29, 0.717) is 35.0 Å². The first kappa shape index (κ1) is 27.9. The van der Waals surface area contributed by atoms with Gasteiger partial charge in [-0.2, -0.15) is 0 Å². The van der Waals surface area contributed by atoms with Crippen molar-refractivity contribution in [1.82, 2.24) is 10.2 Å². The quantitative estimate of drug-likeness (QED) is 0.469. The molecule has 11 heteroatoms. The summed E-state index contributed by atoms with van der Waals surface area (Å²) in [5.41, 5.74) is 0.680. The summed E-state index contributed by atoms with van der Waals surface area (Å²) >= 11 is 12.3. The highest BCUT2D eigenvalue weighted by Crippen LogP contribution is 2.25. The molecule has 7 nitrogen and oxygen atoms in total. The Balaban J connectivity index is 2.44. The van der Waals surface area contributed by atoms with Crippen LogP contribution in [-0.4, -0.2) is 50.5 Å². The summed E-state index contributed by atoms with van der Waals surface area (Å²) in [6.07, 6.45) is 1.96. The number of nitrogens with one attached hydrogen (secondary N) is 1. The minimum absolute atomic E-state index is 0.0338. The lowest BCUT2D eigenvalue weighted by Crippen LogP contribution is -2.52. The van der Waals surface area contributed by atoms with E-state index in [1.807, 2.05) is 6.92 Å². The maximum Gasteiger partial charge on any atom is 0.244 e. The number of carbonyl (C=O) groups excluding carboxylic acids is 2. The van der Waals surface area contributed by atoms with E-state index in [4.69, 9.17) is 23.2 Å². The molecule has 0 heterocycles. The largest absolute Gasteiger partial charge is 0.354 e. The van der Waals surface area contributed by atoms with Crippen LogP contribution in [0.1, 0.15) is 32.3 Å². The van der Waals surface area contributed by atoms with Gasteiger partial charge in [0.1, 0.15) is 18.4 Å². The van der Waals surface area contributed by atoms with E-state index in [-0.39, 0.29) is 18.1 Å². The number of amides is 2. The van der Waals surface area contributed by atoms with E-state index in [0.717, 1.165) is 22.7 Å². The van der Waals surface area contributed by atoms with Gasteiger partial charge in [-0.3, -0.25) is 13.9 Å². The molecule has 0 aliphatic heterocycles. The maximum absolute atomic E-state index is 13.5. The second kappa shape index (κ2) is 12.4. The van der Waals surface area contributed by atoms with Gasteiger partial charge in [-0.15, -0.1) is 0 Å². The fourth-order valence-corrected chi connectivity index (χ4v) is 4.66. The Labute approximate surface area is 209 Å². The van der Waals surface area contributed by atoms with Crippen LogP contribution in [0.3, 0.4) is 0 Å². The van der Waals surface area contributed by atoms with Crippen molar-refractivity contribution in [1.29, 1.82) is 0 Å². The molecule has 0 aliphatic rings. The average Bonchev–Trinajstić information content (AvgIpc) is 2.77. The molecule has 0 saturated carbocycles. The summed E-state index contributed by atoms with van der Waals surface area (Å²) in [7, 11) is -3.89. The maximum atomic E-state index is 13.5. The van der Waals surface area contributed by atoms with E-state index in [1.54, 1.807) is 19.1 Å². The summed E-state index contributed by atoms with van der Waals surface area (Å²) in [6.45, 7) is 3.49. The summed E-state index contributed by atoms with van der Waals surface area (Å²) < 4.78 is 39.2. The van der Waals surface area contributed by atoms with Gasteiger partial charge < -0.3 is 10.2 Å². The van der Waals surface area contributed by atoms with Crippen molar-refractivity contribution < 1.29 is 22.4 Å². The van der Waals surface area contributed by atoms with Gasteiger partial charge >= 0.3 is 0 Å². The Hall–Kier alpha value is -2.36. The third-order valence-corrected chi connectivity index (χ3v) is 6.81. The van der Waals surface area contributed by atoms with Crippen LogP contribution in [0, 0.1) is 5.82 Å². The van der Waals surface area contributed by atoms with Crippen LogP contribution in [0.5, 0.6) is 0 Å². The van der Waals surface area contributed by atoms with Crippen LogP contribution in [0.15, 0.2) is 42.5 Å². The Morgan fingerprint density at radius 2 is 1.74 bits per heavy atom. The molecule has 1 atom stereocenters. The number of nitrogens with zero attached hydrogens (tertiary/aromatic N) is 2. The molecule has 2 aromatic carbocycles. The molecule has 0 saturated heterocycles. The highest BCUT2D eigenvalue weighted by Gasteiger charge is 2.32. The number of anilines is 1. The van der Waals surface area contributed by atoms with Crippen molar-refractivity contribution in [3.05, 3.63) is 63.9 Å². The molecule has 0 radical (unpaired) electrons. The Kier molecular flexibility index (Phi) is 10.1. The minimum Gasteiger partial charge on any atom is -0.354 e. The number of benzene rings is 2. The van der Waals surface area contributed by atoms with Crippen LogP contribution < -0.4 is 9.62 Å². The molecular weight excluding hydrogens is 504 g/mol. The molecule has 0 spiro atoms. The molecule has 1 N–H and O–H groups in total. The van der Waals surface area contributed by atoms with Crippen molar-refractivity contribution >= 4 is 50.7 Å². The Morgan fingerprint density at radius 3 is 2.26 bits per heavy atom. The first-order valence-electron chi connectivity index (χ1n) is 10.7. The highest BCUT2D eigenvalue weighted by molar-refractivity contribution is 7.92. The molecule has 0 aromatic heterocycles. The molecule has 0 fully saturated rings. The monoisotopic (exact) mass is 531 g/mol. The van der Waals surface area contributed by atoms with Gasteiger partial charge in [-0.05, 0) is 54.8 Å². The fraction of sp³-hybridized carbons (Fsp3) is 0.391. The number of carbonyl (C=O) groups is 2. The van der Waals surface area contributed by atoms with Crippen molar-refractivity contribution in [2.45, 2.75) is 39.3 Å². The standard InChI is InChI=1S/C23H28Cl2FN3O4S/c1-4-12-27-23(31)21(5-2)28(14-16-6-7-17(24)13-20(16)25)22(30)15-29(34(3,32)33)19-10-8-18(26)9-11-19/h6-11,13,21H,4-5,12,14-15H2,1-3H3,(H,27,31). The predicted octanol–water partition coefficient (Wildman–Crippen LogP) is 4.23. The van der Waals surface area contributed by atoms with Crippen LogP contribution >= 0.6 is 23.2 Å². The van der Waals surface area contributed by atoms with Crippen molar-refractivity contribution in [2.24, 2.45) is 0 Å². The van der Waals surface area contributed by atoms with E-state index in [1.165, 1.54) is 23.1 Å². The summed E-state index contributed by atoms with van der Waals surface area (Å²) in [5, 5.41) is 3.52. The van der Waals surface area contributed by atoms with Gasteiger partial charge in [0, 0.05) is 23.1 Å². The number of hydrogen-bond acceptors (Lipinski definition) is 4. The smallest absolute Gasteiger partial charge is 0.244 e. The first-order valence-corrected chi connectivity index (χ1v) is 13.3. The molecule has 186 valence electrons. The third-order valence-electron chi connectivity index (χ3n) is 5.08. The Morgan fingerprint density at radius 1 is 1.09 bits per heavy atom. The molecule has 0 aliphatic carbocycles. The Bertz CT molecular complexity index is 1110.